The number of nitrogens with zero attached hydrogens (tertiary/aromatic N) is 2. The summed E-state index contributed by atoms with van der Waals surface area (Å²) in [6.07, 6.45) is 2.13. The van der Waals surface area contributed by atoms with E-state index in [4.69, 9.17) is 9.47 Å². The summed E-state index contributed by atoms with van der Waals surface area (Å²) >= 11 is 0. The van der Waals surface area contributed by atoms with Crippen LogP contribution < -0.4 is 14.4 Å². The molecule has 2 N–H and O–H groups in total. The number of hydrogen-bond acceptors (Lipinski definition) is 7. The highest BCUT2D eigenvalue weighted by molar-refractivity contribution is 7.89. The number of hydrogen-bond donors (Lipinski definition) is 2. The number of piperazine rings is 1. The predicted molar refractivity (Wildman–Crippen MR) is 132 cm³/mol. The standard InChI is InChI=1S/C25H31N3O6S/c1-33-20-7-10-22(11-8-20)35(31,32)26-23-12-9-21(34-24(23)18-29)17-25(30)28-15-13-27(14-16-28)19-5-3-2-4-6-19/h2-12,21,23-24,26,29H,13-18H2,1H3/t21-,23+,24-/m0/s1. The predicted octanol–water partition coefficient (Wildman–Crippen LogP) is 1.40. The summed E-state index contributed by atoms with van der Waals surface area (Å²) in [7, 11) is -2.34. The second-order valence-electron chi connectivity index (χ2n) is 8.51. The van der Waals surface area contributed by atoms with Gasteiger partial charge in [0.05, 0.1) is 37.2 Å². The van der Waals surface area contributed by atoms with Crippen molar-refractivity contribution in [1.29, 1.82) is 0 Å². The van der Waals surface area contributed by atoms with Crippen LogP contribution in [-0.4, -0.2) is 82.5 Å². The number of para-hydroxylation sites is 1. The lowest BCUT2D eigenvalue weighted by molar-refractivity contribution is -0.135. The van der Waals surface area contributed by atoms with Gasteiger partial charge in [-0.2, -0.15) is 0 Å². The van der Waals surface area contributed by atoms with E-state index < -0.39 is 28.3 Å². The summed E-state index contributed by atoms with van der Waals surface area (Å²) in [5.74, 6) is 0.522. The number of aliphatic hydroxyl groups is 1. The van der Waals surface area contributed by atoms with Crippen LogP contribution in [0.5, 0.6) is 5.75 Å². The summed E-state index contributed by atoms with van der Waals surface area (Å²) < 4.78 is 39.0. The Morgan fingerprint density at radius 1 is 1.06 bits per heavy atom. The monoisotopic (exact) mass is 501 g/mol. The molecule has 0 spiro atoms. The Hall–Kier alpha value is -2.92. The molecule has 0 radical (unpaired) electrons. The number of nitrogens with one attached hydrogen (secondary N) is 1. The van der Waals surface area contributed by atoms with Gasteiger partial charge in [0, 0.05) is 31.9 Å². The Bertz CT molecular complexity index is 1120. The van der Waals surface area contributed by atoms with E-state index in [0.717, 1.165) is 18.8 Å². The second-order valence-corrected chi connectivity index (χ2v) is 10.2. The van der Waals surface area contributed by atoms with Crippen LogP contribution in [0.15, 0.2) is 71.6 Å². The SMILES string of the molecule is COc1ccc(S(=O)(=O)N[C@@H]2C=C[C@@H](CC(=O)N3CCN(c4ccccc4)CC3)O[C@H]2CO)cc1. The van der Waals surface area contributed by atoms with Crippen molar-refractivity contribution in [3.63, 3.8) is 0 Å². The molecule has 0 aromatic heterocycles. The first-order valence-electron chi connectivity index (χ1n) is 11.6. The molecular weight excluding hydrogens is 470 g/mol. The molecule has 2 aromatic rings. The molecule has 0 saturated carbocycles. The topological polar surface area (TPSA) is 108 Å². The van der Waals surface area contributed by atoms with Crippen molar-refractivity contribution in [2.75, 3.05) is 44.8 Å². The molecule has 3 atom stereocenters. The lowest BCUT2D eigenvalue weighted by Gasteiger charge is -2.37. The first-order chi connectivity index (χ1) is 16.9. The van der Waals surface area contributed by atoms with E-state index in [1.807, 2.05) is 23.1 Å². The number of methoxy groups -OCH3 is 1. The maximum atomic E-state index is 12.9. The van der Waals surface area contributed by atoms with Crippen LogP contribution in [0.2, 0.25) is 0 Å². The first-order valence-corrected chi connectivity index (χ1v) is 13.1. The molecule has 0 unspecified atom stereocenters. The molecule has 35 heavy (non-hydrogen) atoms. The minimum atomic E-state index is -3.84. The molecule has 0 bridgehead atoms. The highest BCUT2D eigenvalue weighted by Crippen LogP contribution is 2.21. The normalized spacial score (nSPS) is 22.7. The molecule has 1 saturated heterocycles. The lowest BCUT2D eigenvalue weighted by atomic mass is 10.1. The van der Waals surface area contributed by atoms with Gasteiger partial charge in [0.1, 0.15) is 11.9 Å². The van der Waals surface area contributed by atoms with E-state index in [9.17, 15) is 18.3 Å². The maximum Gasteiger partial charge on any atom is 0.241 e. The zero-order valence-corrected chi connectivity index (χ0v) is 20.4. The van der Waals surface area contributed by atoms with Crippen LogP contribution in [0.4, 0.5) is 5.69 Å². The molecule has 2 aliphatic rings. The van der Waals surface area contributed by atoms with Crippen molar-refractivity contribution in [2.45, 2.75) is 29.6 Å². The third kappa shape index (κ3) is 6.21. The van der Waals surface area contributed by atoms with E-state index >= 15 is 0 Å². The largest absolute Gasteiger partial charge is 0.497 e. The summed E-state index contributed by atoms with van der Waals surface area (Å²) in [6.45, 7) is 2.37. The zero-order valence-electron chi connectivity index (χ0n) is 19.6. The molecule has 1 amide bonds. The minimum Gasteiger partial charge on any atom is -0.497 e. The quantitative estimate of drug-likeness (QED) is 0.527. The Labute approximate surface area is 206 Å². The fourth-order valence-electron chi connectivity index (χ4n) is 4.27. The number of aliphatic hydroxyl groups excluding tert-OH is 1. The molecule has 188 valence electrons. The van der Waals surface area contributed by atoms with Crippen LogP contribution in [0, 0.1) is 0 Å². The van der Waals surface area contributed by atoms with Crippen LogP contribution in [-0.2, 0) is 19.6 Å². The van der Waals surface area contributed by atoms with Crippen molar-refractivity contribution in [3.05, 3.63) is 66.7 Å². The van der Waals surface area contributed by atoms with E-state index in [2.05, 4.69) is 21.8 Å². The van der Waals surface area contributed by atoms with Crippen molar-refractivity contribution in [2.24, 2.45) is 0 Å². The maximum absolute atomic E-state index is 12.9. The third-order valence-corrected chi connectivity index (χ3v) is 7.73. The average molecular weight is 502 g/mol. The molecule has 2 heterocycles. The van der Waals surface area contributed by atoms with Crippen LogP contribution in [0.1, 0.15) is 6.42 Å². The van der Waals surface area contributed by atoms with Crippen LogP contribution >= 0.6 is 0 Å². The van der Waals surface area contributed by atoms with Crippen molar-refractivity contribution < 1.29 is 27.8 Å². The van der Waals surface area contributed by atoms with Crippen molar-refractivity contribution in [3.8, 4) is 5.75 Å². The molecule has 10 heteroatoms. The van der Waals surface area contributed by atoms with Gasteiger partial charge in [-0.3, -0.25) is 4.79 Å². The van der Waals surface area contributed by atoms with Gasteiger partial charge in [0.15, 0.2) is 0 Å². The molecule has 2 aliphatic heterocycles. The van der Waals surface area contributed by atoms with Gasteiger partial charge in [-0.15, -0.1) is 0 Å². The van der Waals surface area contributed by atoms with Crippen molar-refractivity contribution in [1.82, 2.24) is 9.62 Å². The van der Waals surface area contributed by atoms with E-state index in [-0.39, 0.29) is 23.8 Å². The Balaban J connectivity index is 1.32. The summed E-state index contributed by atoms with van der Waals surface area (Å²) in [6, 6.07) is 15.4. The summed E-state index contributed by atoms with van der Waals surface area (Å²) in [5, 5.41) is 9.82. The number of rotatable bonds is 8. The number of anilines is 1. The zero-order chi connectivity index (χ0) is 24.8. The number of sulfonamides is 1. The Morgan fingerprint density at radius 3 is 2.37 bits per heavy atom. The van der Waals surface area contributed by atoms with Gasteiger partial charge in [0.25, 0.3) is 0 Å². The van der Waals surface area contributed by atoms with Gasteiger partial charge < -0.3 is 24.4 Å². The molecule has 1 fully saturated rings. The second kappa shape index (κ2) is 11.2. The highest BCUT2D eigenvalue weighted by atomic mass is 32.2. The number of carbonyl (C=O) groups is 1. The van der Waals surface area contributed by atoms with E-state index in [0.29, 0.717) is 18.8 Å². The van der Waals surface area contributed by atoms with Gasteiger partial charge in [-0.1, -0.05) is 30.4 Å². The summed E-state index contributed by atoms with van der Waals surface area (Å²) in [4.78, 5) is 17.0. The minimum absolute atomic E-state index is 0.0266. The van der Waals surface area contributed by atoms with Gasteiger partial charge >= 0.3 is 0 Å². The molecule has 2 aromatic carbocycles. The van der Waals surface area contributed by atoms with Gasteiger partial charge in [-0.05, 0) is 36.4 Å². The first kappa shape index (κ1) is 25.2. The molecule has 0 aliphatic carbocycles. The Kier molecular flexibility index (Phi) is 8.07. The number of amides is 1. The Morgan fingerprint density at radius 2 is 1.74 bits per heavy atom. The fourth-order valence-corrected chi connectivity index (χ4v) is 5.49. The number of carbonyl (C=O) groups excluding carboxylic acids is 1. The average Bonchev–Trinajstić information content (AvgIpc) is 2.90. The molecular formula is C25H31N3O6S. The summed E-state index contributed by atoms with van der Waals surface area (Å²) in [5.41, 5.74) is 1.15. The number of ether oxygens (including phenoxy) is 2. The highest BCUT2D eigenvalue weighted by Gasteiger charge is 2.32. The van der Waals surface area contributed by atoms with Gasteiger partial charge in [0.2, 0.25) is 15.9 Å². The third-order valence-electron chi connectivity index (χ3n) is 6.25. The van der Waals surface area contributed by atoms with Crippen LogP contribution in [0.25, 0.3) is 0 Å². The van der Waals surface area contributed by atoms with Crippen molar-refractivity contribution >= 4 is 21.6 Å². The van der Waals surface area contributed by atoms with E-state index in [1.165, 1.54) is 19.2 Å². The molecule has 4 rings (SSSR count). The van der Waals surface area contributed by atoms with Gasteiger partial charge in [-0.25, -0.2) is 13.1 Å². The molecule has 9 nitrogen and oxygen atoms in total. The lowest BCUT2D eigenvalue weighted by Crippen LogP contribution is -2.51. The van der Waals surface area contributed by atoms with E-state index in [1.54, 1.807) is 24.3 Å². The van der Waals surface area contributed by atoms with Crippen LogP contribution in [0.3, 0.4) is 0 Å². The smallest absolute Gasteiger partial charge is 0.241 e. The fraction of sp³-hybridized carbons (Fsp3) is 0.400. The number of benzene rings is 2.